The molecule has 0 radical (unpaired) electrons. The third kappa shape index (κ3) is 4.60. The van der Waals surface area contributed by atoms with Crippen LogP contribution in [0.15, 0.2) is 66.2 Å². The number of hydrogen-bond acceptors (Lipinski definition) is 2. The van der Waals surface area contributed by atoms with Crippen LogP contribution >= 0.6 is 11.3 Å². The Hall–Kier alpha value is -2.85. The number of carbonyl (C=O) groups excluding carboxylic acids is 1. The Morgan fingerprint density at radius 2 is 1.90 bits per heavy atom. The second-order valence-electron chi connectivity index (χ2n) is 7.59. The Morgan fingerprint density at radius 3 is 2.72 bits per heavy atom. The second-order valence-corrected chi connectivity index (χ2v) is 8.62. The summed E-state index contributed by atoms with van der Waals surface area (Å²) in [6.45, 7) is 5.76. The van der Waals surface area contributed by atoms with Gasteiger partial charge in [-0.1, -0.05) is 48.0 Å². The van der Waals surface area contributed by atoms with Crippen LogP contribution in [0, 0.1) is 13.8 Å². The molecule has 4 aromatic rings. The van der Waals surface area contributed by atoms with Crippen molar-refractivity contribution >= 4 is 28.1 Å². The number of para-hydroxylation sites is 1. The molecule has 2 aromatic carbocycles. The second kappa shape index (κ2) is 8.66. The van der Waals surface area contributed by atoms with E-state index in [0.717, 1.165) is 13.0 Å². The predicted molar refractivity (Wildman–Crippen MR) is 121 cm³/mol. The molecule has 4 heteroatoms. The first kappa shape index (κ1) is 19.5. The number of fused-ring (bicyclic) bond motifs is 1. The summed E-state index contributed by atoms with van der Waals surface area (Å²) < 4.78 is 2.32. The van der Waals surface area contributed by atoms with E-state index in [2.05, 4.69) is 72.4 Å². The number of carbonyl (C=O) groups is 1. The van der Waals surface area contributed by atoms with Crippen molar-refractivity contribution in [3.05, 3.63) is 93.3 Å². The zero-order chi connectivity index (χ0) is 20.2. The van der Waals surface area contributed by atoms with E-state index in [1.54, 1.807) is 11.3 Å². The summed E-state index contributed by atoms with van der Waals surface area (Å²) in [7, 11) is 0. The fraction of sp³-hybridized carbons (Fsp3) is 0.240. The molecule has 0 atom stereocenters. The zero-order valence-corrected chi connectivity index (χ0v) is 17.8. The van der Waals surface area contributed by atoms with Crippen LogP contribution in [0.2, 0.25) is 0 Å². The molecule has 0 aliphatic carbocycles. The largest absolute Gasteiger partial charge is 0.351 e. The van der Waals surface area contributed by atoms with Crippen molar-refractivity contribution in [2.45, 2.75) is 39.8 Å². The monoisotopic (exact) mass is 402 g/mol. The van der Waals surface area contributed by atoms with Crippen molar-refractivity contribution in [2.24, 2.45) is 0 Å². The quantitative estimate of drug-likeness (QED) is 0.428. The van der Waals surface area contributed by atoms with E-state index in [-0.39, 0.29) is 5.91 Å². The summed E-state index contributed by atoms with van der Waals surface area (Å²) >= 11 is 1.67. The minimum atomic E-state index is 0.102. The molecule has 2 aromatic heterocycles. The Kier molecular flexibility index (Phi) is 5.81. The Bertz CT molecular complexity index is 1130. The molecule has 0 aliphatic heterocycles. The van der Waals surface area contributed by atoms with Gasteiger partial charge in [-0.25, -0.2) is 0 Å². The molecule has 0 spiro atoms. The van der Waals surface area contributed by atoms with Crippen molar-refractivity contribution < 1.29 is 4.79 Å². The van der Waals surface area contributed by atoms with Crippen LogP contribution in [0.25, 0.3) is 10.9 Å². The SMILES string of the molecule is Cc1ccc(C)c(Cn2cc(CCC(=O)NCc3cccs3)c3ccccc32)c1. The normalized spacial score (nSPS) is 11.1. The van der Waals surface area contributed by atoms with Gasteiger partial charge in [0.15, 0.2) is 0 Å². The van der Waals surface area contributed by atoms with Gasteiger partial charge < -0.3 is 9.88 Å². The minimum Gasteiger partial charge on any atom is -0.351 e. The molecule has 0 fully saturated rings. The molecule has 0 bridgehead atoms. The van der Waals surface area contributed by atoms with Gasteiger partial charge in [0.05, 0.1) is 6.54 Å². The number of nitrogens with zero attached hydrogens (tertiary/aromatic N) is 1. The highest BCUT2D eigenvalue weighted by molar-refractivity contribution is 7.09. The lowest BCUT2D eigenvalue weighted by molar-refractivity contribution is -0.121. The van der Waals surface area contributed by atoms with Crippen LogP contribution in [0.5, 0.6) is 0 Å². The standard InChI is InChI=1S/C25H26N2OS/c1-18-9-10-19(2)21(14-18)17-27-16-20(23-7-3-4-8-24(23)27)11-12-25(28)26-15-22-6-5-13-29-22/h3-10,13-14,16H,11-12,15,17H2,1-2H3,(H,26,28). The van der Waals surface area contributed by atoms with Crippen molar-refractivity contribution in [3.63, 3.8) is 0 Å². The molecule has 148 valence electrons. The lowest BCUT2D eigenvalue weighted by Crippen LogP contribution is -2.22. The Morgan fingerprint density at radius 1 is 1.03 bits per heavy atom. The van der Waals surface area contributed by atoms with Gasteiger partial charge in [-0.3, -0.25) is 4.79 Å². The lowest BCUT2D eigenvalue weighted by atomic mass is 10.1. The van der Waals surface area contributed by atoms with Gasteiger partial charge in [-0.15, -0.1) is 11.3 Å². The molecular formula is C25H26N2OS. The summed E-state index contributed by atoms with van der Waals surface area (Å²) in [5.74, 6) is 0.102. The minimum absolute atomic E-state index is 0.102. The average molecular weight is 403 g/mol. The molecule has 1 N–H and O–H groups in total. The highest BCUT2D eigenvalue weighted by Gasteiger charge is 2.11. The van der Waals surface area contributed by atoms with Crippen molar-refractivity contribution in [3.8, 4) is 0 Å². The summed E-state index contributed by atoms with van der Waals surface area (Å²) in [4.78, 5) is 13.5. The Balaban J connectivity index is 1.50. The lowest BCUT2D eigenvalue weighted by Gasteiger charge is -2.09. The first-order chi connectivity index (χ1) is 14.1. The maximum absolute atomic E-state index is 12.3. The number of aromatic nitrogens is 1. The number of nitrogens with one attached hydrogen (secondary N) is 1. The van der Waals surface area contributed by atoms with E-state index in [4.69, 9.17) is 0 Å². The molecule has 2 heterocycles. The summed E-state index contributed by atoms with van der Waals surface area (Å²) in [5, 5.41) is 6.30. The molecular weight excluding hydrogens is 376 g/mol. The molecule has 0 saturated carbocycles. The molecule has 1 amide bonds. The number of amides is 1. The molecule has 3 nitrogen and oxygen atoms in total. The van der Waals surface area contributed by atoms with Crippen molar-refractivity contribution in [2.75, 3.05) is 0 Å². The number of aryl methyl sites for hydroxylation is 3. The number of benzene rings is 2. The van der Waals surface area contributed by atoms with Crippen LogP contribution in [0.4, 0.5) is 0 Å². The summed E-state index contributed by atoms with van der Waals surface area (Å²) in [6.07, 6.45) is 3.47. The molecule has 0 aliphatic rings. The van der Waals surface area contributed by atoms with E-state index in [1.807, 2.05) is 17.5 Å². The first-order valence-corrected chi connectivity index (χ1v) is 10.9. The summed E-state index contributed by atoms with van der Waals surface area (Å²) in [5.41, 5.74) is 6.39. The zero-order valence-electron chi connectivity index (χ0n) is 16.9. The van der Waals surface area contributed by atoms with E-state index in [1.165, 1.54) is 38.0 Å². The van der Waals surface area contributed by atoms with Crippen LogP contribution < -0.4 is 5.32 Å². The maximum atomic E-state index is 12.3. The van der Waals surface area contributed by atoms with Gasteiger partial charge in [0, 0.05) is 34.9 Å². The number of rotatable bonds is 7. The highest BCUT2D eigenvalue weighted by Crippen LogP contribution is 2.24. The fourth-order valence-electron chi connectivity index (χ4n) is 3.74. The first-order valence-electron chi connectivity index (χ1n) is 10.0. The topological polar surface area (TPSA) is 34.0 Å². The third-order valence-corrected chi connectivity index (χ3v) is 6.25. The number of thiophene rings is 1. The molecule has 4 rings (SSSR count). The van der Waals surface area contributed by atoms with Gasteiger partial charge in [0.2, 0.25) is 5.91 Å². The summed E-state index contributed by atoms with van der Waals surface area (Å²) in [6, 6.07) is 19.2. The van der Waals surface area contributed by atoms with E-state index in [9.17, 15) is 4.79 Å². The van der Waals surface area contributed by atoms with Crippen LogP contribution in [-0.4, -0.2) is 10.5 Å². The Labute approximate surface area is 176 Å². The van der Waals surface area contributed by atoms with Gasteiger partial charge in [-0.2, -0.15) is 0 Å². The average Bonchev–Trinajstić information content (AvgIpc) is 3.36. The van der Waals surface area contributed by atoms with Crippen LogP contribution in [0.3, 0.4) is 0 Å². The molecule has 0 saturated heterocycles. The van der Waals surface area contributed by atoms with Gasteiger partial charge in [0.1, 0.15) is 0 Å². The van der Waals surface area contributed by atoms with E-state index in [0.29, 0.717) is 13.0 Å². The van der Waals surface area contributed by atoms with E-state index < -0.39 is 0 Å². The molecule has 0 unspecified atom stereocenters. The van der Waals surface area contributed by atoms with Gasteiger partial charge in [-0.05, 0) is 54.5 Å². The third-order valence-electron chi connectivity index (χ3n) is 5.38. The highest BCUT2D eigenvalue weighted by atomic mass is 32.1. The van der Waals surface area contributed by atoms with Crippen LogP contribution in [0.1, 0.15) is 33.6 Å². The van der Waals surface area contributed by atoms with Crippen molar-refractivity contribution in [1.82, 2.24) is 9.88 Å². The smallest absolute Gasteiger partial charge is 0.220 e. The van der Waals surface area contributed by atoms with E-state index >= 15 is 0 Å². The van der Waals surface area contributed by atoms with Crippen LogP contribution in [-0.2, 0) is 24.3 Å². The van der Waals surface area contributed by atoms with Gasteiger partial charge >= 0.3 is 0 Å². The fourth-order valence-corrected chi connectivity index (χ4v) is 4.39. The van der Waals surface area contributed by atoms with Gasteiger partial charge in [0.25, 0.3) is 0 Å². The predicted octanol–water partition coefficient (Wildman–Crippen LogP) is 5.62. The maximum Gasteiger partial charge on any atom is 0.220 e. The molecule has 29 heavy (non-hydrogen) atoms. The number of hydrogen-bond donors (Lipinski definition) is 1. The van der Waals surface area contributed by atoms with Crippen molar-refractivity contribution in [1.29, 1.82) is 0 Å².